The second-order valence-corrected chi connectivity index (χ2v) is 5.57. The zero-order valence-corrected chi connectivity index (χ0v) is 11.6. The van der Waals surface area contributed by atoms with E-state index >= 15 is 0 Å². The Kier molecular flexibility index (Phi) is 2.43. The van der Waals surface area contributed by atoms with Gasteiger partial charge in [-0.3, -0.25) is 4.79 Å². The average molecular weight is 274 g/mol. The molecule has 2 nitrogen and oxygen atoms in total. The van der Waals surface area contributed by atoms with Crippen molar-refractivity contribution in [2.75, 3.05) is 0 Å². The summed E-state index contributed by atoms with van der Waals surface area (Å²) in [5, 5.41) is 16.3. The van der Waals surface area contributed by atoms with Gasteiger partial charge in [-0.2, -0.15) is 0 Å². The minimum Gasteiger partial charge on any atom is -0.481 e. The molecule has 1 unspecified atom stereocenters. The molecule has 2 heteroatoms. The third kappa shape index (κ3) is 1.62. The molecule has 0 aliphatic carbocycles. The lowest BCUT2D eigenvalue weighted by Crippen LogP contribution is -2.08. The van der Waals surface area contributed by atoms with Crippen LogP contribution in [0.3, 0.4) is 0 Å². The molecule has 0 saturated heterocycles. The van der Waals surface area contributed by atoms with Crippen molar-refractivity contribution in [1.82, 2.24) is 0 Å². The summed E-state index contributed by atoms with van der Waals surface area (Å²) in [6.45, 7) is 1.74. The SMILES string of the molecule is CC(C(=O)O)c1ccc2ccc3cccc4ccc1c2c34. The number of benzene rings is 4. The first kappa shape index (κ1) is 12.2. The highest BCUT2D eigenvalue weighted by Gasteiger charge is 2.18. The van der Waals surface area contributed by atoms with Crippen LogP contribution in [0.4, 0.5) is 0 Å². The maximum atomic E-state index is 11.4. The van der Waals surface area contributed by atoms with Crippen molar-refractivity contribution in [3.05, 3.63) is 60.2 Å². The highest BCUT2D eigenvalue weighted by Crippen LogP contribution is 2.37. The van der Waals surface area contributed by atoms with Crippen molar-refractivity contribution in [1.29, 1.82) is 0 Å². The number of aliphatic carboxylic acids is 1. The van der Waals surface area contributed by atoms with Crippen LogP contribution < -0.4 is 0 Å². The highest BCUT2D eigenvalue weighted by atomic mass is 16.4. The molecule has 4 aromatic carbocycles. The van der Waals surface area contributed by atoms with Crippen LogP contribution in [-0.4, -0.2) is 11.1 Å². The first-order valence-electron chi connectivity index (χ1n) is 7.06. The van der Waals surface area contributed by atoms with Crippen LogP contribution in [0.1, 0.15) is 18.4 Å². The predicted molar refractivity (Wildman–Crippen MR) is 86.2 cm³/mol. The first-order chi connectivity index (χ1) is 10.2. The lowest BCUT2D eigenvalue weighted by molar-refractivity contribution is -0.138. The molecule has 0 fully saturated rings. The van der Waals surface area contributed by atoms with E-state index in [1.807, 2.05) is 12.1 Å². The standard InChI is InChI=1S/C19H14O2/c1-11(19(20)21)15-9-7-14-6-5-12-3-2-4-13-8-10-16(15)18(14)17(12)13/h2-11H,1H3,(H,20,21). The second-order valence-electron chi connectivity index (χ2n) is 5.57. The summed E-state index contributed by atoms with van der Waals surface area (Å²) < 4.78 is 0. The van der Waals surface area contributed by atoms with Crippen LogP contribution in [0.5, 0.6) is 0 Å². The molecule has 0 aliphatic rings. The molecule has 21 heavy (non-hydrogen) atoms. The summed E-state index contributed by atoms with van der Waals surface area (Å²) >= 11 is 0. The van der Waals surface area contributed by atoms with E-state index in [0.717, 1.165) is 16.3 Å². The molecule has 0 spiro atoms. The van der Waals surface area contributed by atoms with Crippen molar-refractivity contribution in [2.24, 2.45) is 0 Å². The lowest BCUT2D eigenvalue weighted by Gasteiger charge is -2.15. The monoisotopic (exact) mass is 274 g/mol. The minimum atomic E-state index is -0.787. The molecular weight excluding hydrogens is 260 g/mol. The van der Waals surface area contributed by atoms with E-state index in [1.165, 1.54) is 21.5 Å². The maximum absolute atomic E-state index is 11.4. The normalized spacial score (nSPS) is 13.2. The van der Waals surface area contributed by atoms with E-state index in [0.29, 0.717) is 0 Å². The zero-order chi connectivity index (χ0) is 14.6. The molecule has 0 aromatic heterocycles. The number of hydrogen-bond donors (Lipinski definition) is 1. The largest absolute Gasteiger partial charge is 0.481 e. The number of carboxylic acid groups (broad SMARTS) is 1. The van der Waals surface area contributed by atoms with Gasteiger partial charge in [0.1, 0.15) is 0 Å². The zero-order valence-electron chi connectivity index (χ0n) is 11.6. The molecule has 0 saturated carbocycles. The number of carbonyl (C=O) groups is 1. The number of hydrogen-bond acceptors (Lipinski definition) is 1. The van der Waals surface area contributed by atoms with Crippen LogP contribution in [0, 0.1) is 0 Å². The second kappa shape index (κ2) is 4.19. The molecule has 0 radical (unpaired) electrons. The molecule has 1 atom stereocenters. The van der Waals surface area contributed by atoms with Gasteiger partial charge in [0.25, 0.3) is 0 Å². The van der Waals surface area contributed by atoms with Gasteiger partial charge in [0.2, 0.25) is 0 Å². The van der Waals surface area contributed by atoms with E-state index in [2.05, 4.69) is 42.5 Å². The first-order valence-corrected chi connectivity index (χ1v) is 7.06. The fourth-order valence-electron chi connectivity index (χ4n) is 3.27. The van der Waals surface area contributed by atoms with Crippen molar-refractivity contribution in [3.63, 3.8) is 0 Å². The van der Waals surface area contributed by atoms with Crippen molar-refractivity contribution >= 4 is 38.3 Å². The van der Waals surface area contributed by atoms with Crippen molar-refractivity contribution in [2.45, 2.75) is 12.8 Å². The van der Waals surface area contributed by atoms with E-state index in [4.69, 9.17) is 0 Å². The van der Waals surface area contributed by atoms with Gasteiger partial charge in [0, 0.05) is 0 Å². The Morgan fingerprint density at radius 2 is 1.43 bits per heavy atom. The van der Waals surface area contributed by atoms with Gasteiger partial charge in [-0.05, 0) is 44.8 Å². The third-order valence-corrected chi connectivity index (χ3v) is 4.40. The molecule has 102 valence electrons. The number of carboxylic acids is 1. The number of rotatable bonds is 2. The summed E-state index contributed by atoms with van der Waals surface area (Å²) in [7, 11) is 0. The molecule has 1 N–H and O–H groups in total. The van der Waals surface area contributed by atoms with Crippen molar-refractivity contribution in [3.8, 4) is 0 Å². The quantitative estimate of drug-likeness (QED) is 0.534. The molecular formula is C19H14O2. The van der Waals surface area contributed by atoms with Gasteiger partial charge in [0.05, 0.1) is 5.92 Å². The van der Waals surface area contributed by atoms with E-state index in [9.17, 15) is 9.90 Å². The van der Waals surface area contributed by atoms with Gasteiger partial charge in [-0.15, -0.1) is 0 Å². The van der Waals surface area contributed by atoms with Crippen molar-refractivity contribution < 1.29 is 9.90 Å². The Bertz CT molecular complexity index is 969. The van der Waals surface area contributed by atoms with Crippen LogP contribution in [0.15, 0.2) is 54.6 Å². The summed E-state index contributed by atoms with van der Waals surface area (Å²) in [6.07, 6.45) is 0. The smallest absolute Gasteiger partial charge is 0.310 e. The summed E-state index contributed by atoms with van der Waals surface area (Å²) in [6, 6.07) is 18.6. The maximum Gasteiger partial charge on any atom is 0.310 e. The fraction of sp³-hybridized carbons (Fsp3) is 0.105. The Hall–Kier alpha value is -2.61. The van der Waals surface area contributed by atoms with Crippen LogP contribution in [-0.2, 0) is 4.79 Å². The summed E-state index contributed by atoms with van der Waals surface area (Å²) in [5.41, 5.74) is 0.883. The Morgan fingerprint density at radius 3 is 2.10 bits per heavy atom. The van der Waals surface area contributed by atoms with E-state index < -0.39 is 11.9 Å². The van der Waals surface area contributed by atoms with Crippen LogP contribution >= 0.6 is 0 Å². The molecule has 0 aliphatic heterocycles. The fourth-order valence-corrected chi connectivity index (χ4v) is 3.27. The average Bonchev–Trinajstić information content (AvgIpc) is 2.51. The molecule has 0 heterocycles. The summed E-state index contributed by atoms with van der Waals surface area (Å²) in [5.74, 6) is -1.29. The van der Waals surface area contributed by atoms with Gasteiger partial charge in [-0.1, -0.05) is 54.6 Å². The van der Waals surface area contributed by atoms with Gasteiger partial charge >= 0.3 is 5.97 Å². The molecule has 4 rings (SSSR count). The lowest BCUT2D eigenvalue weighted by atomic mass is 9.88. The Labute approximate surface area is 122 Å². The topological polar surface area (TPSA) is 37.3 Å². The Balaban J connectivity index is 2.23. The van der Waals surface area contributed by atoms with Crippen LogP contribution in [0.25, 0.3) is 32.3 Å². The molecule has 0 bridgehead atoms. The Morgan fingerprint density at radius 1 is 0.857 bits per heavy atom. The van der Waals surface area contributed by atoms with Gasteiger partial charge < -0.3 is 5.11 Å². The van der Waals surface area contributed by atoms with Gasteiger partial charge in [0.15, 0.2) is 0 Å². The van der Waals surface area contributed by atoms with Crippen LogP contribution in [0.2, 0.25) is 0 Å². The van der Waals surface area contributed by atoms with E-state index in [-0.39, 0.29) is 0 Å². The highest BCUT2D eigenvalue weighted by molar-refractivity contribution is 6.23. The van der Waals surface area contributed by atoms with E-state index in [1.54, 1.807) is 6.92 Å². The predicted octanol–water partition coefficient (Wildman–Crippen LogP) is 4.77. The minimum absolute atomic E-state index is 0.505. The third-order valence-electron chi connectivity index (χ3n) is 4.40. The molecule has 0 amide bonds. The van der Waals surface area contributed by atoms with Gasteiger partial charge in [-0.25, -0.2) is 0 Å². The summed E-state index contributed by atoms with van der Waals surface area (Å²) in [4.78, 5) is 11.4. The molecule has 4 aromatic rings.